The van der Waals surface area contributed by atoms with Crippen LogP contribution in [0, 0.1) is 0 Å². The molecule has 0 unspecified atom stereocenters. The quantitative estimate of drug-likeness (QED) is 0.364. The molecular weight excluding hydrogens is 506 g/mol. The zero-order valence-corrected chi connectivity index (χ0v) is 22.3. The smallest absolute Gasteiger partial charge is 0.274 e. The monoisotopic (exact) mass is 535 g/mol. The van der Waals surface area contributed by atoms with Crippen LogP contribution in [0.5, 0.6) is 5.19 Å². The third kappa shape index (κ3) is 5.80. The van der Waals surface area contributed by atoms with Crippen molar-refractivity contribution in [3.8, 4) is 5.19 Å². The van der Waals surface area contributed by atoms with Gasteiger partial charge in [-0.25, -0.2) is 13.4 Å². The highest BCUT2D eigenvalue weighted by molar-refractivity contribution is 7.89. The van der Waals surface area contributed by atoms with E-state index in [9.17, 15) is 13.2 Å². The van der Waals surface area contributed by atoms with Crippen molar-refractivity contribution in [3.05, 3.63) is 53.1 Å². The molecule has 0 N–H and O–H groups in total. The molecule has 2 heterocycles. The van der Waals surface area contributed by atoms with E-state index in [0.29, 0.717) is 54.8 Å². The van der Waals surface area contributed by atoms with E-state index in [4.69, 9.17) is 16.3 Å². The fourth-order valence-electron chi connectivity index (χ4n) is 4.15. The highest BCUT2D eigenvalue weighted by atomic mass is 35.5. The number of carbonyl (C=O) groups excluding carboxylic acids is 1. The van der Waals surface area contributed by atoms with Gasteiger partial charge in [0.05, 0.1) is 14.6 Å². The lowest BCUT2D eigenvalue weighted by molar-refractivity contribution is 0.0595. The van der Waals surface area contributed by atoms with E-state index in [1.54, 1.807) is 17.0 Å². The maximum absolute atomic E-state index is 13.0. The number of hydrogen-bond donors (Lipinski definition) is 0. The molecule has 0 atom stereocenters. The number of thiazole rings is 1. The van der Waals surface area contributed by atoms with Gasteiger partial charge in [-0.3, -0.25) is 4.79 Å². The second-order valence-electron chi connectivity index (χ2n) is 8.55. The molecule has 1 aliphatic rings. The Morgan fingerprint density at radius 3 is 2.51 bits per heavy atom. The molecule has 1 saturated heterocycles. The van der Waals surface area contributed by atoms with Crippen LogP contribution in [0.3, 0.4) is 0 Å². The summed E-state index contributed by atoms with van der Waals surface area (Å²) in [6.45, 7) is 5.92. The molecule has 1 aromatic heterocycles. The molecule has 1 amide bonds. The third-order valence-corrected chi connectivity index (χ3v) is 9.40. The van der Waals surface area contributed by atoms with E-state index < -0.39 is 10.0 Å². The van der Waals surface area contributed by atoms with E-state index in [-0.39, 0.29) is 16.9 Å². The molecule has 0 aliphatic carbocycles. The summed E-state index contributed by atoms with van der Waals surface area (Å²) < 4.78 is 34.4. The van der Waals surface area contributed by atoms with Crippen LogP contribution in [0.15, 0.2) is 47.4 Å². The lowest BCUT2D eigenvalue weighted by Crippen LogP contribution is -2.41. The van der Waals surface area contributed by atoms with Crippen LogP contribution >= 0.6 is 22.9 Å². The van der Waals surface area contributed by atoms with Crippen LogP contribution in [-0.4, -0.2) is 60.8 Å². The number of carbonyl (C=O) groups is 1. The van der Waals surface area contributed by atoms with Gasteiger partial charge in [-0.05, 0) is 42.8 Å². The topological polar surface area (TPSA) is 79.8 Å². The number of likely N-dealkylation sites (tertiary alicyclic amines) is 1. The van der Waals surface area contributed by atoms with E-state index >= 15 is 0 Å². The van der Waals surface area contributed by atoms with Crippen molar-refractivity contribution in [2.24, 2.45) is 0 Å². The van der Waals surface area contributed by atoms with E-state index in [2.05, 4.69) is 4.98 Å². The predicted octanol–water partition coefficient (Wildman–Crippen LogP) is 5.44. The van der Waals surface area contributed by atoms with Gasteiger partial charge in [0.25, 0.3) is 11.1 Å². The number of ether oxygens (including phenoxy) is 1. The zero-order valence-electron chi connectivity index (χ0n) is 19.9. The molecule has 1 aliphatic heterocycles. The summed E-state index contributed by atoms with van der Waals surface area (Å²) in [6, 6.07) is 12.0. The molecule has 3 aromatic rings. The van der Waals surface area contributed by atoms with Gasteiger partial charge in [-0.2, -0.15) is 4.31 Å². The predicted molar refractivity (Wildman–Crippen MR) is 140 cm³/mol. The molecule has 0 bridgehead atoms. The second-order valence-corrected chi connectivity index (χ2v) is 11.9. The lowest BCUT2D eigenvalue weighted by atomic mass is 10.1. The van der Waals surface area contributed by atoms with Crippen molar-refractivity contribution in [2.45, 2.75) is 50.5 Å². The summed E-state index contributed by atoms with van der Waals surface area (Å²) in [5.41, 5.74) is 1.24. The zero-order chi connectivity index (χ0) is 25.0. The van der Waals surface area contributed by atoms with E-state index in [1.807, 2.05) is 32.0 Å². The summed E-state index contributed by atoms with van der Waals surface area (Å²) in [6.07, 6.45) is 3.12. The minimum absolute atomic E-state index is 0.0194. The van der Waals surface area contributed by atoms with Crippen molar-refractivity contribution in [1.82, 2.24) is 14.2 Å². The number of nitrogens with zero attached hydrogens (tertiary/aromatic N) is 3. The summed E-state index contributed by atoms with van der Waals surface area (Å²) >= 11 is 7.68. The highest BCUT2D eigenvalue weighted by Crippen LogP contribution is 2.33. The number of rotatable bonds is 9. The molecule has 35 heavy (non-hydrogen) atoms. The van der Waals surface area contributed by atoms with Crippen LogP contribution in [0.25, 0.3) is 10.2 Å². The minimum Gasteiger partial charge on any atom is -0.467 e. The maximum Gasteiger partial charge on any atom is 0.274 e. The standard InChI is InChI=1S/C25H30ClN3O4S2/c1-3-5-15-29(4-2)35(31,32)20-11-9-18(10-12-20)24(30)28-16-13-19(14-17-28)33-25-27-23-21(26)7-6-8-22(23)34-25/h6-12,19H,3-5,13-17H2,1-2H3. The number of halogens is 1. The molecule has 0 radical (unpaired) electrons. The normalized spacial score (nSPS) is 15.1. The van der Waals surface area contributed by atoms with Gasteiger partial charge in [0.15, 0.2) is 0 Å². The highest BCUT2D eigenvalue weighted by Gasteiger charge is 2.27. The van der Waals surface area contributed by atoms with Gasteiger partial charge < -0.3 is 9.64 Å². The molecule has 2 aromatic carbocycles. The Bertz CT molecular complexity index is 1270. The van der Waals surface area contributed by atoms with Crippen molar-refractivity contribution >= 4 is 49.1 Å². The first-order chi connectivity index (χ1) is 16.8. The Kier molecular flexibility index (Phi) is 8.31. The average Bonchev–Trinajstić information content (AvgIpc) is 3.28. The minimum atomic E-state index is -3.56. The van der Waals surface area contributed by atoms with Crippen molar-refractivity contribution in [3.63, 3.8) is 0 Å². The van der Waals surface area contributed by atoms with Gasteiger partial charge in [0, 0.05) is 44.6 Å². The molecule has 4 rings (SSSR count). The molecule has 10 heteroatoms. The number of benzene rings is 2. The lowest BCUT2D eigenvalue weighted by Gasteiger charge is -2.31. The van der Waals surface area contributed by atoms with Gasteiger partial charge >= 0.3 is 0 Å². The van der Waals surface area contributed by atoms with Crippen molar-refractivity contribution in [1.29, 1.82) is 0 Å². The first-order valence-electron chi connectivity index (χ1n) is 11.9. The molecule has 7 nitrogen and oxygen atoms in total. The van der Waals surface area contributed by atoms with Crippen molar-refractivity contribution < 1.29 is 17.9 Å². The van der Waals surface area contributed by atoms with Gasteiger partial charge in [-0.15, -0.1) is 0 Å². The fraction of sp³-hybridized carbons (Fsp3) is 0.440. The number of unbranched alkanes of at least 4 members (excludes halogenated alkanes) is 1. The molecule has 1 fully saturated rings. The number of piperidine rings is 1. The van der Waals surface area contributed by atoms with Crippen LogP contribution in [0.2, 0.25) is 5.02 Å². The Hall–Kier alpha value is -2.20. The van der Waals surface area contributed by atoms with Crippen molar-refractivity contribution in [2.75, 3.05) is 26.2 Å². The molecule has 0 saturated carbocycles. The SMILES string of the molecule is CCCCN(CC)S(=O)(=O)c1ccc(C(=O)N2CCC(Oc3nc4c(Cl)cccc4s3)CC2)cc1. The molecular formula is C25H30ClN3O4S2. The van der Waals surface area contributed by atoms with Gasteiger partial charge in [-0.1, -0.05) is 49.3 Å². The van der Waals surface area contributed by atoms with E-state index in [0.717, 1.165) is 23.1 Å². The number of aromatic nitrogens is 1. The largest absolute Gasteiger partial charge is 0.467 e. The van der Waals surface area contributed by atoms with Crippen LogP contribution in [-0.2, 0) is 10.0 Å². The molecule has 0 spiro atoms. The number of para-hydroxylation sites is 1. The maximum atomic E-state index is 13.0. The fourth-order valence-corrected chi connectivity index (χ4v) is 6.82. The number of fused-ring (bicyclic) bond motifs is 1. The van der Waals surface area contributed by atoms with Gasteiger partial charge in [0.2, 0.25) is 10.0 Å². The number of sulfonamides is 1. The summed E-state index contributed by atoms with van der Waals surface area (Å²) in [4.78, 5) is 19.5. The Morgan fingerprint density at radius 1 is 1.17 bits per heavy atom. The Balaban J connectivity index is 1.35. The Morgan fingerprint density at radius 2 is 1.89 bits per heavy atom. The van der Waals surface area contributed by atoms with E-state index in [1.165, 1.54) is 27.8 Å². The first-order valence-corrected chi connectivity index (χ1v) is 14.6. The van der Waals surface area contributed by atoms with Crippen LogP contribution < -0.4 is 4.74 Å². The average molecular weight is 536 g/mol. The second kappa shape index (κ2) is 11.2. The van der Waals surface area contributed by atoms with Crippen LogP contribution in [0.1, 0.15) is 49.9 Å². The molecule has 188 valence electrons. The summed E-state index contributed by atoms with van der Waals surface area (Å²) in [5, 5.41) is 1.20. The number of amides is 1. The first kappa shape index (κ1) is 25.9. The Labute approximate surface area is 215 Å². The number of hydrogen-bond acceptors (Lipinski definition) is 6. The summed E-state index contributed by atoms with van der Waals surface area (Å²) in [5.74, 6) is -0.0995. The summed E-state index contributed by atoms with van der Waals surface area (Å²) in [7, 11) is -3.56. The third-order valence-electron chi connectivity index (χ3n) is 6.20. The van der Waals surface area contributed by atoms with Gasteiger partial charge in [0.1, 0.15) is 11.6 Å². The van der Waals surface area contributed by atoms with Crippen LogP contribution in [0.4, 0.5) is 0 Å².